The number of alkyl halides is 3. The molecule has 0 unspecified atom stereocenters. The van der Waals surface area contributed by atoms with Gasteiger partial charge in [-0.25, -0.2) is 9.97 Å². The number of benzene rings is 1. The highest BCUT2D eigenvalue weighted by molar-refractivity contribution is 8.00. The van der Waals surface area contributed by atoms with Crippen molar-refractivity contribution in [1.29, 1.82) is 0 Å². The number of halogens is 3. The van der Waals surface area contributed by atoms with Gasteiger partial charge in [-0.1, -0.05) is 18.2 Å². The summed E-state index contributed by atoms with van der Waals surface area (Å²) in [4.78, 5) is 32.6. The number of hydrogen-bond donors (Lipinski definition) is 2. The maximum atomic E-state index is 12.8. The van der Waals surface area contributed by atoms with E-state index in [-0.39, 0.29) is 48.6 Å². The van der Waals surface area contributed by atoms with Gasteiger partial charge in [0, 0.05) is 29.8 Å². The molecule has 0 aliphatic carbocycles. The van der Waals surface area contributed by atoms with Gasteiger partial charge < -0.3 is 10.6 Å². The van der Waals surface area contributed by atoms with Crippen LogP contribution in [-0.4, -0.2) is 43.9 Å². The quantitative estimate of drug-likeness (QED) is 0.459. The zero-order valence-electron chi connectivity index (χ0n) is 17.6. The molecule has 2 heterocycles. The lowest BCUT2D eigenvalue weighted by Gasteiger charge is -2.09. The van der Waals surface area contributed by atoms with Crippen LogP contribution in [0.15, 0.2) is 53.7 Å². The van der Waals surface area contributed by atoms with Crippen molar-refractivity contribution >= 4 is 29.3 Å². The Labute approximate surface area is 192 Å². The van der Waals surface area contributed by atoms with Gasteiger partial charge in [0.1, 0.15) is 18.1 Å². The van der Waals surface area contributed by atoms with E-state index in [1.54, 1.807) is 0 Å². The molecule has 0 fully saturated rings. The van der Waals surface area contributed by atoms with Crippen molar-refractivity contribution in [3.8, 4) is 0 Å². The molecular formula is C21H21F3N6O2S. The number of nitrogens with zero attached hydrogens (tertiary/aromatic N) is 4. The second kappa shape index (κ2) is 10.9. The van der Waals surface area contributed by atoms with Crippen LogP contribution in [0.2, 0.25) is 0 Å². The fraction of sp³-hybridized carbons (Fsp3) is 0.286. The number of carbonyl (C=O) groups excluding carboxylic acids is 2. The number of amides is 2. The first-order chi connectivity index (χ1) is 15.7. The molecule has 0 atom stereocenters. The molecule has 0 saturated heterocycles. The summed E-state index contributed by atoms with van der Waals surface area (Å²) in [6.45, 7) is 1.41. The predicted octanol–water partition coefficient (Wildman–Crippen LogP) is 3.09. The smallest absolute Gasteiger partial charge is 0.354 e. The summed E-state index contributed by atoms with van der Waals surface area (Å²) in [5.74, 6) is -0.365. The lowest BCUT2D eigenvalue weighted by Crippen LogP contribution is -2.30. The number of rotatable bonds is 9. The number of nitrogens with one attached hydrogen (secondary N) is 2. The van der Waals surface area contributed by atoms with Gasteiger partial charge in [0.2, 0.25) is 11.8 Å². The SMILES string of the molecule is Cc1cc(C(F)(F)F)nc(CCNC(=O)Cn2cc(NC(=O)CSc3ccccc3)cn2)n1. The number of thioether (sulfide) groups is 1. The monoisotopic (exact) mass is 478 g/mol. The van der Waals surface area contributed by atoms with Crippen molar-refractivity contribution in [2.24, 2.45) is 0 Å². The second-order valence-electron chi connectivity index (χ2n) is 6.99. The largest absolute Gasteiger partial charge is 0.433 e. The summed E-state index contributed by atoms with van der Waals surface area (Å²) in [5.41, 5.74) is -0.356. The summed E-state index contributed by atoms with van der Waals surface area (Å²) < 4.78 is 39.9. The fourth-order valence-electron chi connectivity index (χ4n) is 2.78. The molecule has 12 heteroatoms. The molecular weight excluding hydrogens is 457 g/mol. The molecule has 1 aromatic carbocycles. The van der Waals surface area contributed by atoms with Crippen LogP contribution in [0, 0.1) is 6.92 Å². The highest BCUT2D eigenvalue weighted by Gasteiger charge is 2.33. The van der Waals surface area contributed by atoms with E-state index < -0.39 is 11.9 Å². The summed E-state index contributed by atoms with van der Waals surface area (Å²) >= 11 is 1.40. The second-order valence-corrected chi connectivity index (χ2v) is 8.03. The number of carbonyl (C=O) groups is 2. The summed E-state index contributed by atoms with van der Waals surface area (Å²) in [5, 5.41) is 9.33. The molecule has 8 nitrogen and oxygen atoms in total. The van der Waals surface area contributed by atoms with E-state index in [1.165, 1.54) is 35.8 Å². The molecule has 2 N–H and O–H groups in total. The molecule has 0 aliphatic heterocycles. The van der Waals surface area contributed by atoms with Gasteiger partial charge in [-0.15, -0.1) is 11.8 Å². The van der Waals surface area contributed by atoms with Crippen molar-refractivity contribution in [3.63, 3.8) is 0 Å². The third-order valence-electron chi connectivity index (χ3n) is 4.20. The number of anilines is 1. The van der Waals surface area contributed by atoms with Gasteiger partial charge in [0.05, 0.1) is 17.6 Å². The molecule has 3 aromatic rings. The topological polar surface area (TPSA) is 102 Å². The Hall–Kier alpha value is -3.41. The third-order valence-corrected chi connectivity index (χ3v) is 5.21. The van der Waals surface area contributed by atoms with Crippen molar-refractivity contribution in [2.75, 3.05) is 17.6 Å². The van der Waals surface area contributed by atoms with Gasteiger partial charge in [-0.2, -0.15) is 18.3 Å². The van der Waals surface area contributed by atoms with E-state index in [0.29, 0.717) is 5.69 Å². The van der Waals surface area contributed by atoms with E-state index in [9.17, 15) is 22.8 Å². The van der Waals surface area contributed by atoms with Crippen LogP contribution in [0.25, 0.3) is 0 Å². The van der Waals surface area contributed by atoms with Crippen molar-refractivity contribution < 1.29 is 22.8 Å². The summed E-state index contributed by atoms with van der Waals surface area (Å²) in [6, 6.07) is 10.4. The first-order valence-electron chi connectivity index (χ1n) is 9.87. The minimum Gasteiger partial charge on any atom is -0.354 e. The van der Waals surface area contributed by atoms with Crippen molar-refractivity contribution in [1.82, 2.24) is 25.1 Å². The molecule has 0 aliphatic rings. The molecule has 3 rings (SSSR count). The zero-order valence-corrected chi connectivity index (χ0v) is 18.4. The maximum absolute atomic E-state index is 12.8. The van der Waals surface area contributed by atoms with Gasteiger partial charge in [0.15, 0.2) is 0 Å². The van der Waals surface area contributed by atoms with E-state index in [4.69, 9.17) is 0 Å². The fourth-order valence-corrected chi connectivity index (χ4v) is 3.50. The van der Waals surface area contributed by atoms with Crippen LogP contribution in [0.3, 0.4) is 0 Å². The van der Waals surface area contributed by atoms with Gasteiger partial charge in [-0.3, -0.25) is 14.3 Å². The molecule has 0 radical (unpaired) electrons. The highest BCUT2D eigenvalue weighted by atomic mass is 32.2. The van der Waals surface area contributed by atoms with Crippen LogP contribution in [0.1, 0.15) is 17.2 Å². The Morgan fingerprint density at radius 1 is 1.12 bits per heavy atom. The minimum absolute atomic E-state index is 0.0000790. The van der Waals surface area contributed by atoms with E-state index in [1.807, 2.05) is 30.3 Å². The Bertz CT molecular complexity index is 1100. The lowest BCUT2D eigenvalue weighted by atomic mass is 10.3. The predicted molar refractivity (Wildman–Crippen MR) is 117 cm³/mol. The van der Waals surface area contributed by atoms with Crippen LogP contribution in [0.5, 0.6) is 0 Å². The van der Waals surface area contributed by atoms with Crippen LogP contribution in [-0.2, 0) is 28.7 Å². The molecule has 0 spiro atoms. The molecule has 174 valence electrons. The number of hydrogen-bond acceptors (Lipinski definition) is 6. The first-order valence-corrected chi connectivity index (χ1v) is 10.9. The lowest BCUT2D eigenvalue weighted by molar-refractivity contribution is -0.141. The van der Waals surface area contributed by atoms with E-state index in [0.717, 1.165) is 11.0 Å². The van der Waals surface area contributed by atoms with Crippen molar-refractivity contribution in [3.05, 3.63) is 66.0 Å². The standard InChI is InChI=1S/C21H21F3N6O2S/c1-14-9-17(21(22,23)24)29-18(27-14)7-8-25-19(31)12-30-11-15(10-26-30)28-20(32)13-33-16-5-3-2-4-6-16/h2-6,9-11H,7-8,12-13H2,1H3,(H,25,31)(H,28,32). The third kappa shape index (κ3) is 7.90. The molecule has 0 bridgehead atoms. The normalized spacial score (nSPS) is 11.3. The Morgan fingerprint density at radius 2 is 1.88 bits per heavy atom. The number of aromatic nitrogens is 4. The minimum atomic E-state index is -4.56. The van der Waals surface area contributed by atoms with E-state index in [2.05, 4.69) is 25.7 Å². The highest BCUT2D eigenvalue weighted by Crippen LogP contribution is 2.27. The van der Waals surface area contributed by atoms with E-state index >= 15 is 0 Å². The van der Waals surface area contributed by atoms with Gasteiger partial charge in [0.25, 0.3) is 0 Å². The van der Waals surface area contributed by atoms with Crippen LogP contribution in [0.4, 0.5) is 18.9 Å². The molecule has 33 heavy (non-hydrogen) atoms. The number of aryl methyl sites for hydroxylation is 1. The van der Waals surface area contributed by atoms with Crippen molar-refractivity contribution in [2.45, 2.75) is 31.0 Å². The Morgan fingerprint density at radius 3 is 2.61 bits per heavy atom. The van der Waals surface area contributed by atoms with Crippen LogP contribution < -0.4 is 10.6 Å². The van der Waals surface area contributed by atoms with Crippen LogP contribution >= 0.6 is 11.8 Å². The maximum Gasteiger partial charge on any atom is 0.433 e. The van der Waals surface area contributed by atoms with Gasteiger partial charge >= 0.3 is 6.18 Å². The summed E-state index contributed by atoms with van der Waals surface area (Å²) in [6.07, 6.45) is -1.56. The Balaban J connectivity index is 1.42. The Kier molecular flexibility index (Phi) is 8.04. The molecule has 2 amide bonds. The molecule has 0 saturated carbocycles. The first kappa shape index (κ1) is 24.2. The molecule has 2 aromatic heterocycles. The average molecular weight is 479 g/mol. The zero-order chi connectivity index (χ0) is 23.8. The van der Waals surface area contributed by atoms with Gasteiger partial charge in [-0.05, 0) is 25.1 Å². The summed E-state index contributed by atoms with van der Waals surface area (Å²) in [7, 11) is 0. The average Bonchev–Trinajstić information content (AvgIpc) is 3.18.